The molecule has 0 saturated carbocycles. The van der Waals surface area contributed by atoms with Gasteiger partial charge in [-0.1, -0.05) is 6.07 Å². The highest BCUT2D eigenvalue weighted by atomic mass is 16.3. The molecule has 0 aromatic carbocycles. The van der Waals surface area contributed by atoms with Crippen LogP contribution in [0, 0.1) is 5.92 Å². The number of likely N-dealkylation sites (tertiary alicyclic amines) is 1. The number of hydrogen-bond donors (Lipinski definition) is 2. The minimum Gasteiger partial charge on any atom is -0.483 e. The summed E-state index contributed by atoms with van der Waals surface area (Å²) in [5, 5.41) is 13.9. The largest absolute Gasteiger partial charge is 0.483 e. The van der Waals surface area contributed by atoms with E-state index in [1.165, 1.54) is 12.4 Å². The lowest BCUT2D eigenvalue weighted by Gasteiger charge is -2.46. The average molecular weight is 430 g/mol. The third-order valence-corrected chi connectivity index (χ3v) is 5.81. The predicted octanol–water partition coefficient (Wildman–Crippen LogP) is -0.457. The second-order valence-electron chi connectivity index (χ2n) is 7.67. The van der Waals surface area contributed by atoms with E-state index in [0.717, 1.165) is 17.9 Å². The summed E-state index contributed by atoms with van der Waals surface area (Å²) in [6.45, 7) is 2.80. The number of hydrogen-bond acceptors (Lipinski definition) is 6. The number of fused-ring (bicyclic) bond motifs is 4. The molecule has 0 spiro atoms. The van der Waals surface area contributed by atoms with E-state index in [4.69, 9.17) is 9.90 Å². The summed E-state index contributed by atoms with van der Waals surface area (Å²) in [7, 11) is 1.81. The van der Waals surface area contributed by atoms with Crippen LogP contribution in [0.1, 0.15) is 36.8 Å². The first-order valence-electron chi connectivity index (χ1n) is 10.0. The monoisotopic (exact) mass is 430 g/mol. The Morgan fingerprint density at radius 1 is 1.32 bits per heavy atom. The van der Waals surface area contributed by atoms with Gasteiger partial charge in [-0.05, 0) is 12.5 Å². The van der Waals surface area contributed by atoms with Crippen molar-refractivity contribution in [3.8, 4) is 0 Å². The standard InChI is InChI=1S/C19H24N6O3.CH2O2/c1-12(26)24-9-13-8-14(10-24)18(25-15(13)4-3-5-17(25)27)19(28)20-7-6-16-21-11-22-23(16)2;2-1-3/h3-5,11,13-14,18H,6-10H2,1-2H3,(H,20,28);1H,(H,2,3)/t13-,14+,18-;/m1./s1. The van der Waals surface area contributed by atoms with Gasteiger partial charge in [-0.15, -0.1) is 0 Å². The molecule has 2 aromatic heterocycles. The molecule has 1 fully saturated rings. The molecule has 2 N–H and O–H groups in total. The molecule has 11 heteroatoms. The second kappa shape index (κ2) is 9.54. The van der Waals surface area contributed by atoms with Crippen LogP contribution in [0.15, 0.2) is 29.3 Å². The Balaban J connectivity index is 0.000000858. The zero-order valence-corrected chi connectivity index (χ0v) is 17.5. The van der Waals surface area contributed by atoms with Crippen molar-refractivity contribution in [2.45, 2.75) is 31.7 Å². The number of nitrogens with zero attached hydrogens (tertiary/aromatic N) is 5. The van der Waals surface area contributed by atoms with Crippen molar-refractivity contribution < 1.29 is 19.5 Å². The van der Waals surface area contributed by atoms with E-state index >= 15 is 0 Å². The van der Waals surface area contributed by atoms with Gasteiger partial charge in [0.05, 0.1) is 0 Å². The van der Waals surface area contributed by atoms with Crippen LogP contribution in [0.25, 0.3) is 0 Å². The van der Waals surface area contributed by atoms with E-state index in [9.17, 15) is 14.4 Å². The van der Waals surface area contributed by atoms with Crippen molar-refractivity contribution in [2.24, 2.45) is 13.0 Å². The van der Waals surface area contributed by atoms with Gasteiger partial charge in [0, 0.05) is 63.6 Å². The van der Waals surface area contributed by atoms with Crippen molar-refractivity contribution >= 4 is 18.3 Å². The SMILES string of the molecule is CC(=O)N1C[C@H]2C[C@@H](C1)[C@H](C(=O)NCCc1ncnn1C)n1c2cccc1=O.O=CO. The molecule has 2 bridgehead atoms. The Morgan fingerprint density at radius 2 is 2.06 bits per heavy atom. The summed E-state index contributed by atoms with van der Waals surface area (Å²) in [6, 6.07) is 4.50. The first-order valence-corrected chi connectivity index (χ1v) is 10.0. The Bertz CT molecular complexity index is 1020. The summed E-state index contributed by atoms with van der Waals surface area (Å²) in [5.74, 6) is 0.597. The number of aromatic nitrogens is 4. The predicted molar refractivity (Wildman–Crippen MR) is 109 cm³/mol. The minimum absolute atomic E-state index is 0.00266. The first kappa shape index (κ1) is 22.2. The van der Waals surface area contributed by atoms with Gasteiger partial charge >= 0.3 is 0 Å². The molecule has 166 valence electrons. The highest BCUT2D eigenvalue weighted by Gasteiger charge is 2.44. The van der Waals surface area contributed by atoms with E-state index < -0.39 is 6.04 Å². The Kier molecular flexibility index (Phi) is 6.83. The van der Waals surface area contributed by atoms with Crippen LogP contribution in [-0.2, 0) is 27.9 Å². The lowest BCUT2D eigenvalue weighted by molar-refractivity contribution is -0.135. The van der Waals surface area contributed by atoms with E-state index in [-0.39, 0.29) is 35.7 Å². The number of carboxylic acid groups (broad SMARTS) is 1. The van der Waals surface area contributed by atoms with E-state index in [1.54, 1.807) is 34.2 Å². The van der Waals surface area contributed by atoms with E-state index in [2.05, 4.69) is 15.4 Å². The lowest BCUT2D eigenvalue weighted by Crippen LogP contribution is -2.54. The summed E-state index contributed by atoms with van der Waals surface area (Å²) >= 11 is 0. The lowest BCUT2D eigenvalue weighted by atomic mass is 9.78. The number of carbonyl (C=O) groups is 3. The maximum Gasteiger partial charge on any atom is 0.290 e. The Hall–Kier alpha value is -3.50. The highest BCUT2D eigenvalue weighted by Crippen LogP contribution is 2.41. The quantitative estimate of drug-likeness (QED) is 0.626. The first-order chi connectivity index (χ1) is 14.9. The number of amides is 2. The average Bonchev–Trinajstić information content (AvgIpc) is 3.14. The molecule has 2 amide bonds. The van der Waals surface area contributed by atoms with Gasteiger partial charge < -0.3 is 15.3 Å². The molecular formula is C20H26N6O5. The minimum atomic E-state index is -0.610. The van der Waals surface area contributed by atoms with Crippen molar-refractivity contribution in [3.63, 3.8) is 0 Å². The zero-order chi connectivity index (χ0) is 22.5. The summed E-state index contributed by atoms with van der Waals surface area (Å²) < 4.78 is 3.30. The van der Waals surface area contributed by atoms with Crippen LogP contribution in [-0.4, -0.2) is 67.3 Å². The van der Waals surface area contributed by atoms with E-state index in [1.807, 2.05) is 6.07 Å². The number of aryl methyl sites for hydroxylation is 1. The molecule has 2 aromatic rings. The topological polar surface area (TPSA) is 139 Å². The fourth-order valence-corrected chi connectivity index (χ4v) is 4.48. The van der Waals surface area contributed by atoms with Crippen molar-refractivity contribution in [3.05, 3.63) is 46.4 Å². The molecule has 0 aliphatic carbocycles. The molecule has 2 aliphatic heterocycles. The van der Waals surface area contributed by atoms with Crippen molar-refractivity contribution in [1.29, 1.82) is 0 Å². The molecule has 1 saturated heterocycles. The number of nitrogens with one attached hydrogen (secondary N) is 1. The normalized spacial score (nSPS) is 21.4. The summed E-state index contributed by atoms with van der Waals surface area (Å²) in [6.07, 6.45) is 2.83. The van der Waals surface area contributed by atoms with Gasteiger partial charge in [-0.25, -0.2) is 4.98 Å². The van der Waals surface area contributed by atoms with Crippen molar-refractivity contribution in [1.82, 2.24) is 29.5 Å². The molecule has 0 unspecified atom stereocenters. The third kappa shape index (κ3) is 4.65. The molecule has 3 atom stereocenters. The van der Waals surface area contributed by atoms with Crippen LogP contribution < -0.4 is 10.9 Å². The second-order valence-corrected chi connectivity index (χ2v) is 7.67. The van der Waals surface area contributed by atoms with Gasteiger partial charge in [0.15, 0.2) is 0 Å². The van der Waals surface area contributed by atoms with Crippen LogP contribution in [0.2, 0.25) is 0 Å². The van der Waals surface area contributed by atoms with Gasteiger partial charge in [0.1, 0.15) is 18.2 Å². The van der Waals surface area contributed by atoms with Crippen LogP contribution in [0.4, 0.5) is 0 Å². The number of carbonyl (C=O) groups excluding carboxylic acids is 2. The van der Waals surface area contributed by atoms with Gasteiger partial charge in [-0.2, -0.15) is 5.10 Å². The highest BCUT2D eigenvalue weighted by molar-refractivity contribution is 5.81. The number of pyridine rings is 1. The van der Waals surface area contributed by atoms with Gasteiger partial charge in [0.25, 0.3) is 12.0 Å². The zero-order valence-electron chi connectivity index (χ0n) is 17.5. The van der Waals surface area contributed by atoms with Crippen LogP contribution in [0.3, 0.4) is 0 Å². The molecule has 2 aliphatic rings. The van der Waals surface area contributed by atoms with Crippen LogP contribution >= 0.6 is 0 Å². The molecule has 11 nitrogen and oxygen atoms in total. The maximum atomic E-state index is 13.1. The van der Waals surface area contributed by atoms with Crippen molar-refractivity contribution in [2.75, 3.05) is 19.6 Å². The summed E-state index contributed by atoms with van der Waals surface area (Å²) in [5.41, 5.74) is 0.667. The van der Waals surface area contributed by atoms with E-state index in [0.29, 0.717) is 26.1 Å². The fourth-order valence-electron chi connectivity index (χ4n) is 4.48. The van der Waals surface area contributed by atoms with Crippen LogP contribution in [0.5, 0.6) is 0 Å². The molecule has 0 radical (unpaired) electrons. The Labute approximate surface area is 178 Å². The molecular weight excluding hydrogens is 404 g/mol. The van der Waals surface area contributed by atoms with Gasteiger partial charge in [0.2, 0.25) is 11.8 Å². The third-order valence-electron chi connectivity index (χ3n) is 5.81. The maximum absolute atomic E-state index is 13.1. The summed E-state index contributed by atoms with van der Waals surface area (Å²) in [4.78, 5) is 52.0. The molecule has 4 heterocycles. The number of rotatable bonds is 4. The van der Waals surface area contributed by atoms with Gasteiger partial charge in [-0.3, -0.25) is 28.4 Å². The smallest absolute Gasteiger partial charge is 0.290 e. The molecule has 31 heavy (non-hydrogen) atoms. The fraction of sp³-hybridized carbons (Fsp3) is 0.500. The molecule has 4 rings (SSSR count). The Morgan fingerprint density at radius 3 is 2.71 bits per heavy atom. The number of piperidine rings is 1.